The Morgan fingerprint density at radius 2 is 0.800 bits per heavy atom. The Morgan fingerprint density at radius 1 is 0.329 bits per heavy atom. The standard InChI is InChI=1S/C63H36N4O2S/c1-3-15-37(16-4-1)49-33-41(34-50(38-17-5-2-6-18-38)59(49)67-51-23-11-7-19-42(51)47-31-32-57-58(60(47)67)48-22-10-14-26-56(48)70-57)63-65-61(39-27-29-45-43-20-8-12-24-52(43)68-54(45)35-39)64-62(66-63)40-28-30-46-44-21-9-13-25-53(44)69-55(46)36-40/h1-36H. The molecule has 15 aromatic rings. The zero-order valence-electron chi connectivity index (χ0n) is 37.3. The van der Waals surface area contributed by atoms with Crippen molar-refractivity contribution >= 4 is 97.2 Å². The lowest BCUT2D eigenvalue weighted by molar-refractivity contribution is 0.668. The summed E-state index contributed by atoms with van der Waals surface area (Å²) in [5.41, 5.74) is 13.4. The second kappa shape index (κ2) is 15.2. The van der Waals surface area contributed by atoms with Gasteiger partial charge < -0.3 is 13.4 Å². The average molecular weight is 913 g/mol. The van der Waals surface area contributed by atoms with E-state index in [9.17, 15) is 0 Å². The molecule has 5 aromatic heterocycles. The van der Waals surface area contributed by atoms with E-state index < -0.39 is 0 Å². The summed E-state index contributed by atoms with van der Waals surface area (Å²) in [4.78, 5) is 16.0. The van der Waals surface area contributed by atoms with Crippen LogP contribution in [0.3, 0.4) is 0 Å². The molecular formula is C63H36N4O2S. The SMILES string of the molecule is c1ccc(-c2cc(-c3nc(-c4ccc5c(c4)oc4ccccc45)nc(-c4ccc5c(c4)oc4ccccc45)n3)cc(-c3ccccc3)c2-n2c3ccccc3c3ccc4sc5ccccc5c4c32)cc1. The zero-order valence-corrected chi connectivity index (χ0v) is 38.1. The summed E-state index contributed by atoms with van der Waals surface area (Å²) in [7, 11) is 0. The van der Waals surface area contributed by atoms with Gasteiger partial charge in [-0.1, -0.05) is 152 Å². The van der Waals surface area contributed by atoms with Crippen LogP contribution in [0.4, 0.5) is 0 Å². The summed E-state index contributed by atoms with van der Waals surface area (Å²) in [6.45, 7) is 0. The molecule has 0 fully saturated rings. The number of para-hydroxylation sites is 3. The van der Waals surface area contributed by atoms with Crippen molar-refractivity contribution in [1.82, 2.24) is 19.5 Å². The highest BCUT2D eigenvalue weighted by atomic mass is 32.1. The zero-order chi connectivity index (χ0) is 45.9. The number of aromatic nitrogens is 4. The number of rotatable bonds is 6. The first-order valence-electron chi connectivity index (χ1n) is 23.4. The normalized spacial score (nSPS) is 12.0. The third kappa shape index (κ3) is 5.95. The average Bonchev–Trinajstić information content (AvgIpc) is 4.19. The highest BCUT2D eigenvalue weighted by Crippen LogP contribution is 2.48. The van der Waals surface area contributed by atoms with Crippen molar-refractivity contribution in [2.45, 2.75) is 0 Å². The first kappa shape index (κ1) is 38.9. The summed E-state index contributed by atoms with van der Waals surface area (Å²) in [5.74, 6) is 1.62. The second-order valence-electron chi connectivity index (χ2n) is 17.9. The van der Waals surface area contributed by atoms with Crippen molar-refractivity contribution in [1.29, 1.82) is 0 Å². The molecule has 0 bridgehead atoms. The minimum Gasteiger partial charge on any atom is -0.456 e. The minimum atomic E-state index is 0.535. The van der Waals surface area contributed by atoms with Gasteiger partial charge in [0.1, 0.15) is 22.3 Å². The molecule has 0 amide bonds. The topological polar surface area (TPSA) is 69.9 Å². The van der Waals surface area contributed by atoms with Gasteiger partial charge in [0.25, 0.3) is 0 Å². The lowest BCUT2D eigenvalue weighted by atomic mass is 9.92. The van der Waals surface area contributed by atoms with Crippen LogP contribution in [0.25, 0.3) is 148 Å². The molecule has 5 heterocycles. The van der Waals surface area contributed by atoms with Gasteiger partial charge in [-0.25, -0.2) is 15.0 Å². The molecule has 0 aliphatic heterocycles. The van der Waals surface area contributed by atoms with Crippen LogP contribution in [0, 0.1) is 0 Å². The van der Waals surface area contributed by atoms with Gasteiger partial charge in [-0.05, 0) is 77.9 Å². The maximum Gasteiger partial charge on any atom is 0.164 e. The first-order chi connectivity index (χ1) is 34.7. The molecule has 0 atom stereocenters. The maximum atomic E-state index is 6.42. The maximum absolute atomic E-state index is 6.42. The van der Waals surface area contributed by atoms with Crippen LogP contribution in [0.2, 0.25) is 0 Å². The largest absolute Gasteiger partial charge is 0.456 e. The number of furan rings is 2. The molecule has 0 aliphatic carbocycles. The number of hydrogen-bond donors (Lipinski definition) is 0. The molecule has 0 spiro atoms. The van der Waals surface area contributed by atoms with Gasteiger partial charge in [0.05, 0.1) is 16.7 Å². The van der Waals surface area contributed by atoms with Gasteiger partial charge in [-0.3, -0.25) is 0 Å². The Balaban J connectivity index is 1.04. The summed E-state index contributed by atoms with van der Waals surface area (Å²) >= 11 is 1.85. The number of hydrogen-bond acceptors (Lipinski definition) is 6. The fraction of sp³-hybridized carbons (Fsp3) is 0. The second-order valence-corrected chi connectivity index (χ2v) is 18.9. The predicted molar refractivity (Wildman–Crippen MR) is 289 cm³/mol. The fourth-order valence-electron chi connectivity index (χ4n) is 10.7. The Labute approximate surface area is 404 Å². The lowest BCUT2D eigenvalue weighted by Crippen LogP contribution is -2.04. The molecule has 70 heavy (non-hydrogen) atoms. The molecule has 15 rings (SSSR count). The van der Waals surface area contributed by atoms with E-state index in [1.54, 1.807) is 0 Å². The van der Waals surface area contributed by atoms with Crippen LogP contribution in [-0.2, 0) is 0 Å². The van der Waals surface area contributed by atoms with Gasteiger partial charge in [-0.2, -0.15) is 0 Å². The molecule has 0 radical (unpaired) electrons. The summed E-state index contributed by atoms with van der Waals surface area (Å²) in [6.07, 6.45) is 0. The summed E-state index contributed by atoms with van der Waals surface area (Å²) < 4.78 is 17.9. The van der Waals surface area contributed by atoms with Crippen molar-refractivity contribution in [2.75, 3.05) is 0 Å². The Hall–Kier alpha value is -9.17. The van der Waals surface area contributed by atoms with E-state index in [-0.39, 0.29) is 0 Å². The molecule has 0 N–H and O–H groups in total. The van der Waals surface area contributed by atoms with Gasteiger partial charge in [0, 0.05) is 80.3 Å². The monoisotopic (exact) mass is 912 g/mol. The van der Waals surface area contributed by atoms with E-state index >= 15 is 0 Å². The lowest BCUT2D eigenvalue weighted by Gasteiger charge is -2.21. The number of fused-ring (bicyclic) bond motifs is 13. The van der Waals surface area contributed by atoms with Crippen molar-refractivity contribution in [3.05, 3.63) is 218 Å². The predicted octanol–water partition coefficient (Wildman–Crippen LogP) is 17.5. The molecular weight excluding hydrogens is 877 g/mol. The highest BCUT2D eigenvalue weighted by molar-refractivity contribution is 7.26. The van der Waals surface area contributed by atoms with E-state index in [2.05, 4.69) is 174 Å². The fourth-order valence-corrected chi connectivity index (χ4v) is 11.8. The van der Waals surface area contributed by atoms with Crippen LogP contribution in [0.1, 0.15) is 0 Å². The Kier molecular flexibility index (Phi) is 8.43. The van der Waals surface area contributed by atoms with Crippen LogP contribution in [-0.4, -0.2) is 19.5 Å². The van der Waals surface area contributed by atoms with Crippen molar-refractivity contribution in [2.24, 2.45) is 0 Å². The first-order valence-corrected chi connectivity index (χ1v) is 24.2. The van der Waals surface area contributed by atoms with Crippen LogP contribution >= 0.6 is 11.3 Å². The highest BCUT2D eigenvalue weighted by Gasteiger charge is 2.25. The summed E-state index contributed by atoms with van der Waals surface area (Å²) in [6, 6.07) is 77.0. The van der Waals surface area contributed by atoms with E-state index in [1.165, 1.54) is 36.5 Å². The third-order valence-electron chi connectivity index (χ3n) is 13.8. The molecule has 0 saturated heterocycles. The number of benzene rings is 10. The quantitative estimate of drug-likeness (QED) is 0.166. The molecule has 6 nitrogen and oxygen atoms in total. The van der Waals surface area contributed by atoms with E-state index in [1.807, 2.05) is 59.9 Å². The minimum absolute atomic E-state index is 0.535. The summed E-state index contributed by atoms with van der Waals surface area (Å²) in [5, 5.41) is 9.13. The number of nitrogens with zero attached hydrogens (tertiary/aromatic N) is 4. The van der Waals surface area contributed by atoms with Gasteiger partial charge >= 0.3 is 0 Å². The number of thiophene rings is 1. The third-order valence-corrected chi connectivity index (χ3v) is 15.0. The molecule has 7 heteroatoms. The molecule has 0 aliphatic rings. The van der Waals surface area contributed by atoms with Crippen molar-refractivity contribution in [3.63, 3.8) is 0 Å². The molecule has 10 aromatic carbocycles. The molecule has 0 saturated carbocycles. The van der Waals surface area contributed by atoms with Gasteiger partial charge in [0.15, 0.2) is 17.5 Å². The van der Waals surface area contributed by atoms with Crippen molar-refractivity contribution < 1.29 is 8.83 Å². The van der Waals surface area contributed by atoms with E-state index in [0.29, 0.717) is 17.5 Å². The van der Waals surface area contributed by atoms with Crippen LogP contribution < -0.4 is 0 Å². The van der Waals surface area contributed by atoms with Gasteiger partial charge in [-0.15, -0.1) is 11.3 Å². The molecule has 0 unspecified atom stereocenters. The van der Waals surface area contributed by atoms with Crippen LogP contribution in [0.15, 0.2) is 227 Å². The van der Waals surface area contributed by atoms with E-state index in [4.69, 9.17) is 23.8 Å². The van der Waals surface area contributed by atoms with Gasteiger partial charge in [0.2, 0.25) is 0 Å². The van der Waals surface area contributed by atoms with E-state index in [0.717, 1.165) is 94.0 Å². The Bertz CT molecular complexity index is 4410. The van der Waals surface area contributed by atoms with Crippen LogP contribution in [0.5, 0.6) is 0 Å². The smallest absolute Gasteiger partial charge is 0.164 e. The van der Waals surface area contributed by atoms with Crippen molar-refractivity contribution in [3.8, 4) is 62.1 Å². The molecule has 326 valence electrons. The Morgan fingerprint density at radius 3 is 1.40 bits per heavy atom.